The molecule has 0 spiro atoms. The number of carbonyl (C=O) groups excluding carboxylic acids is 2. The van der Waals surface area contributed by atoms with Gasteiger partial charge in [0.15, 0.2) is 0 Å². The highest BCUT2D eigenvalue weighted by Gasteiger charge is 2.36. The summed E-state index contributed by atoms with van der Waals surface area (Å²) in [5, 5.41) is 24.4. The third-order valence-electron chi connectivity index (χ3n) is 5.99. The molecule has 3 aromatic carbocycles. The molecule has 12 heteroatoms. The van der Waals surface area contributed by atoms with Crippen molar-refractivity contribution < 1.29 is 41.8 Å². The molecule has 1 aliphatic heterocycles. The van der Waals surface area contributed by atoms with E-state index >= 15 is 0 Å². The molecule has 2 unspecified atom stereocenters. The first-order valence-electron chi connectivity index (χ1n) is 11.3. The molecule has 0 aromatic heterocycles. The zero-order valence-corrected chi connectivity index (χ0v) is 20.1. The van der Waals surface area contributed by atoms with Crippen LogP contribution in [0.15, 0.2) is 48.5 Å². The summed E-state index contributed by atoms with van der Waals surface area (Å²) in [5.74, 6) is -3.64. The van der Waals surface area contributed by atoms with Crippen LogP contribution in [0.3, 0.4) is 0 Å². The van der Waals surface area contributed by atoms with E-state index in [9.17, 15) is 36.6 Å². The molecular formula is C26H20ClF5N2O4. The van der Waals surface area contributed by atoms with Gasteiger partial charge in [-0.2, -0.15) is 13.2 Å². The summed E-state index contributed by atoms with van der Waals surface area (Å²) >= 11 is 6.25. The van der Waals surface area contributed by atoms with Crippen LogP contribution in [0.25, 0.3) is 0 Å². The first kappa shape index (κ1) is 27.5. The van der Waals surface area contributed by atoms with Gasteiger partial charge in [0.1, 0.15) is 11.6 Å². The van der Waals surface area contributed by atoms with E-state index in [1.54, 1.807) is 0 Å². The lowest BCUT2D eigenvalue weighted by Crippen LogP contribution is -2.21. The van der Waals surface area contributed by atoms with E-state index in [4.69, 9.17) is 16.7 Å². The fourth-order valence-corrected chi connectivity index (χ4v) is 4.51. The maximum atomic E-state index is 14.0. The second-order valence-electron chi connectivity index (χ2n) is 8.73. The number of hydrogen-bond acceptors (Lipinski definition) is 4. The molecule has 0 saturated carbocycles. The van der Waals surface area contributed by atoms with E-state index in [2.05, 4.69) is 10.6 Å². The standard InChI is InChI=1S/C26H20ClF5N2O4/c27-20-2-1-15(28)11-18(20)23-22-19(25(38)34-23)6-12(5-17(36)3-4-35)7-21(22)33-24(37)13-8-14(26(30,31)32)10-16(29)9-13/h1-2,6-11,17,23,35-36H,3-5H2,(H,33,37)(H,34,38). The van der Waals surface area contributed by atoms with E-state index in [1.807, 2.05) is 0 Å². The molecular weight excluding hydrogens is 535 g/mol. The van der Waals surface area contributed by atoms with E-state index in [1.165, 1.54) is 18.2 Å². The van der Waals surface area contributed by atoms with E-state index in [-0.39, 0.29) is 52.9 Å². The van der Waals surface area contributed by atoms with E-state index < -0.39 is 52.9 Å². The average Bonchev–Trinajstić information content (AvgIpc) is 3.16. The molecule has 200 valence electrons. The predicted molar refractivity (Wildman–Crippen MR) is 128 cm³/mol. The lowest BCUT2D eigenvalue weighted by molar-refractivity contribution is -0.137. The first-order valence-corrected chi connectivity index (χ1v) is 11.7. The summed E-state index contributed by atoms with van der Waals surface area (Å²) in [5.41, 5.74) is -1.31. The Hall–Kier alpha value is -3.54. The van der Waals surface area contributed by atoms with Gasteiger partial charge in [0.25, 0.3) is 11.8 Å². The molecule has 0 radical (unpaired) electrons. The van der Waals surface area contributed by atoms with Crippen LogP contribution in [0.4, 0.5) is 27.6 Å². The SMILES string of the molecule is O=C(Nc1cc(CC(O)CCO)cc2c1C(c1cc(F)ccc1Cl)NC2=O)c1cc(F)cc(C(F)(F)F)c1. The van der Waals surface area contributed by atoms with Gasteiger partial charge in [0.2, 0.25) is 0 Å². The number of halogens is 6. The van der Waals surface area contributed by atoms with Gasteiger partial charge in [-0.15, -0.1) is 0 Å². The average molecular weight is 555 g/mol. The zero-order chi connectivity index (χ0) is 27.8. The van der Waals surface area contributed by atoms with Gasteiger partial charge in [-0.1, -0.05) is 11.6 Å². The summed E-state index contributed by atoms with van der Waals surface area (Å²) in [6.07, 6.45) is -5.92. The zero-order valence-electron chi connectivity index (χ0n) is 19.4. The highest BCUT2D eigenvalue weighted by molar-refractivity contribution is 6.31. The van der Waals surface area contributed by atoms with Crippen LogP contribution < -0.4 is 10.6 Å². The van der Waals surface area contributed by atoms with Crippen LogP contribution >= 0.6 is 11.6 Å². The highest BCUT2D eigenvalue weighted by atomic mass is 35.5. The predicted octanol–water partition coefficient (Wildman–Crippen LogP) is 5.01. The molecule has 38 heavy (non-hydrogen) atoms. The minimum absolute atomic E-state index is 0.0238. The van der Waals surface area contributed by atoms with Crippen molar-refractivity contribution in [2.75, 3.05) is 11.9 Å². The Labute approximate surface area is 218 Å². The number of nitrogens with one attached hydrogen (secondary N) is 2. The maximum Gasteiger partial charge on any atom is 0.416 e. The van der Waals surface area contributed by atoms with Crippen molar-refractivity contribution >= 4 is 29.1 Å². The van der Waals surface area contributed by atoms with Crippen molar-refractivity contribution in [3.63, 3.8) is 0 Å². The number of carbonyl (C=O) groups is 2. The number of fused-ring (bicyclic) bond motifs is 1. The van der Waals surface area contributed by atoms with Crippen LogP contribution in [0.1, 0.15) is 55.4 Å². The molecule has 1 aliphatic rings. The highest BCUT2D eigenvalue weighted by Crippen LogP contribution is 2.40. The van der Waals surface area contributed by atoms with Crippen LogP contribution in [0, 0.1) is 11.6 Å². The van der Waals surface area contributed by atoms with Crippen molar-refractivity contribution in [1.29, 1.82) is 0 Å². The number of hydrogen-bond donors (Lipinski definition) is 4. The maximum absolute atomic E-state index is 14.0. The molecule has 2 amide bonds. The third kappa shape index (κ3) is 5.79. The Morgan fingerprint density at radius 3 is 2.50 bits per heavy atom. The minimum atomic E-state index is -4.91. The molecule has 1 heterocycles. The second kappa shape index (κ2) is 10.7. The van der Waals surface area contributed by atoms with Crippen LogP contribution in [-0.2, 0) is 12.6 Å². The molecule has 4 rings (SSSR count). The van der Waals surface area contributed by atoms with Gasteiger partial charge in [0.05, 0.1) is 17.7 Å². The lowest BCUT2D eigenvalue weighted by atomic mass is 9.92. The van der Waals surface area contributed by atoms with Gasteiger partial charge < -0.3 is 20.8 Å². The van der Waals surface area contributed by atoms with Gasteiger partial charge in [0, 0.05) is 39.6 Å². The quantitative estimate of drug-likeness (QED) is 0.309. The number of benzene rings is 3. The van der Waals surface area contributed by atoms with Gasteiger partial charge in [-0.05, 0) is 66.9 Å². The van der Waals surface area contributed by atoms with Crippen molar-refractivity contribution in [2.24, 2.45) is 0 Å². The Morgan fingerprint density at radius 1 is 1.08 bits per heavy atom. The molecule has 4 N–H and O–H groups in total. The Morgan fingerprint density at radius 2 is 1.82 bits per heavy atom. The monoisotopic (exact) mass is 554 g/mol. The number of amides is 2. The number of alkyl halides is 3. The van der Waals surface area contributed by atoms with Gasteiger partial charge in [-0.3, -0.25) is 9.59 Å². The molecule has 3 aromatic rings. The molecule has 2 atom stereocenters. The van der Waals surface area contributed by atoms with E-state index in [0.717, 1.165) is 12.1 Å². The van der Waals surface area contributed by atoms with Crippen LogP contribution in [-0.4, -0.2) is 34.7 Å². The third-order valence-corrected chi connectivity index (χ3v) is 6.33. The summed E-state index contributed by atoms with van der Waals surface area (Å²) in [7, 11) is 0. The summed E-state index contributed by atoms with van der Waals surface area (Å²) in [4.78, 5) is 25.9. The van der Waals surface area contributed by atoms with Crippen molar-refractivity contribution in [3.8, 4) is 0 Å². The number of rotatable bonds is 7. The van der Waals surface area contributed by atoms with Gasteiger partial charge >= 0.3 is 6.18 Å². The smallest absolute Gasteiger partial charge is 0.396 e. The largest absolute Gasteiger partial charge is 0.416 e. The summed E-state index contributed by atoms with van der Waals surface area (Å²) in [6.45, 7) is -0.308. The number of aliphatic hydroxyl groups excluding tert-OH is 2. The van der Waals surface area contributed by atoms with Crippen molar-refractivity contribution in [2.45, 2.75) is 31.2 Å². The second-order valence-corrected chi connectivity index (χ2v) is 9.13. The molecule has 0 aliphatic carbocycles. The Bertz CT molecular complexity index is 1410. The summed E-state index contributed by atoms with van der Waals surface area (Å²) in [6, 6.07) is 6.64. The number of anilines is 1. The Kier molecular flexibility index (Phi) is 7.73. The molecule has 0 saturated heterocycles. The topological polar surface area (TPSA) is 98.7 Å². The lowest BCUT2D eigenvalue weighted by Gasteiger charge is -2.19. The fourth-order valence-electron chi connectivity index (χ4n) is 4.29. The minimum Gasteiger partial charge on any atom is -0.396 e. The summed E-state index contributed by atoms with van der Waals surface area (Å²) < 4.78 is 67.5. The van der Waals surface area contributed by atoms with Crippen LogP contribution in [0.5, 0.6) is 0 Å². The molecule has 6 nitrogen and oxygen atoms in total. The van der Waals surface area contributed by atoms with Crippen molar-refractivity contribution in [1.82, 2.24) is 5.32 Å². The normalized spacial score (nSPS) is 15.7. The van der Waals surface area contributed by atoms with Gasteiger partial charge in [-0.25, -0.2) is 8.78 Å². The molecule has 0 bridgehead atoms. The van der Waals surface area contributed by atoms with Crippen LogP contribution in [0.2, 0.25) is 5.02 Å². The first-order chi connectivity index (χ1) is 17.9. The molecule has 0 fully saturated rings. The number of aliphatic hydroxyl groups is 2. The Balaban J connectivity index is 1.82. The fraction of sp³-hybridized carbons (Fsp3) is 0.231. The van der Waals surface area contributed by atoms with E-state index in [0.29, 0.717) is 17.7 Å². The van der Waals surface area contributed by atoms with Crippen molar-refractivity contribution in [3.05, 3.63) is 98.6 Å².